The number of carbonyl (C=O) groups is 2. The number of rotatable bonds is 8. The summed E-state index contributed by atoms with van der Waals surface area (Å²) >= 11 is 0. The number of nitrogens with two attached hydrogens (primary N) is 1. The quantitative estimate of drug-likeness (QED) is 0.748. The molecule has 2 N–H and O–H groups in total. The molecule has 0 aromatic heterocycles. The van der Waals surface area contributed by atoms with Crippen LogP contribution in [-0.2, 0) is 16.0 Å². The average Bonchev–Trinajstić information content (AvgIpc) is 2.61. The van der Waals surface area contributed by atoms with Crippen molar-refractivity contribution in [3.8, 4) is 11.5 Å². The van der Waals surface area contributed by atoms with Gasteiger partial charge in [-0.05, 0) is 42.0 Å². The molecule has 0 spiro atoms. The van der Waals surface area contributed by atoms with Crippen LogP contribution >= 0.6 is 0 Å². The first-order valence-corrected chi connectivity index (χ1v) is 7.39. The van der Waals surface area contributed by atoms with Gasteiger partial charge in [-0.3, -0.25) is 4.79 Å². The Labute approximate surface area is 140 Å². The van der Waals surface area contributed by atoms with Crippen LogP contribution in [0.15, 0.2) is 48.5 Å². The zero-order valence-corrected chi connectivity index (χ0v) is 13.4. The van der Waals surface area contributed by atoms with E-state index < -0.39 is 11.9 Å². The fraction of sp³-hybridized carbons (Fsp3) is 0.222. The van der Waals surface area contributed by atoms with E-state index in [0.29, 0.717) is 17.7 Å². The van der Waals surface area contributed by atoms with Crippen molar-refractivity contribution < 1.29 is 23.8 Å². The van der Waals surface area contributed by atoms with Crippen LogP contribution in [0.1, 0.15) is 15.9 Å². The number of ether oxygens (including phenoxy) is 3. The van der Waals surface area contributed by atoms with Crippen LogP contribution in [0.4, 0.5) is 0 Å². The van der Waals surface area contributed by atoms with Gasteiger partial charge in [0.1, 0.15) is 11.5 Å². The minimum Gasteiger partial charge on any atom is -0.497 e. The molecular formula is C18H19NO5. The molecule has 0 radical (unpaired) electrons. The Morgan fingerprint density at radius 3 is 2.17 bits per heavy atom. The maximum Gasteiger partial charge on any atom is 0.338 e. The van der Waals surface area contributed by atoms with Crippen molar-refractivity contribution in [3.05, 3.63) is 59.7 Å². The van der Waals surface area contributed by atoms with E-state index in [0.717, 1.165) is 11.3 Å². The van der Waals surface area contributed by atoms with E-state index >= 15 is 0 Å². The fourth-order valence-electron chi connectivity index (χ4n) is 1.98. The Bertz CT molecular complexity index is 680. The van der Waals surface area contributed by atoms with Gasteiger partial charge in [-0.15, -0.1) is 0 Å². The molecule has 2 aromatic carbocycles. The number of hydrogen-bond donors (Lipinski definition) is 1. The van der Waals surface area contributed by atoms with Gasteiger partial charge in [0.2, 0.25) is 0 Å². The lowest BCUT2D eigenvalue weighted by atomic mass is 10.1. The Morgan fingerprint density at radius 2 is 1.58 bits per heavy atom. The van der Waals surface area contributed by atoms with Gasteiger partial charge in [0, 0.05) is 6.42 Å². The molecule has 0 atom stereocenters. The molecule has 6 nitrogen and oxygen atoms in total. The highest BCUT2D eigenvalue weighted by atomic mass is 16.5. The lowest BCUT2D eigenvalue weighted by Gasteiger charge is -2.07. The summed E-state index contributed by atoms with van der Waals surface area (Å²) in [7, 11) is 1.61. The molecule has 6 heteroatoms. The third kappa shape index (κ3) is 5.31. The van der Waals surface area contributed by atoms with Gasteiger partial charge < -0.3 is 19.9 Å². The van der Waals surface area contributed by atoms with E-state index in [1.54, 1.807) is 31.4 Å². The predicted molar refractivity (Wildman–Crippen MR) is 88.1 cm³/mol. The zero-order chi connectivity index (χ0) is 17.4. The monoisotopic (exact) mass is 329 g/mol. The lowest BCUT2D eigenvalue weighted by Crippen LogP contribution is -2.20. The molecule has 1 amide bonds. The van der Waals surface area contributed by atoms with Gasteiger partial charge >= 0.3 is 5.97 Å². The van der Waals surface area contributed by atoms with E-state index in [-0.39, 0.29) is 13.2 Å². The minimum absolute atomic E-state index is 0.203. The molecule has 2 rings (SSSR count). The van der Waals surface area contributed by atoms with Crippen LogP contribution in [0.25, 0.3) is 0 Å². The number of primary amides is 1. The van der Waals surface area contributed by atoms with Crippen LogP contribution in [0.2, 0.25) is 0 Å². The number of carbonyl (C=O) groups excluding carboxylic acids is 2. The molecular weight excluding hydrogens is 310 g/mol. The van der Waals surface area contributed by atoms with Crippen molar-refractivity contribution in [1.82, 2.24) is 0 Å². The predicted octanol–water partition coefficient (Wildman–Crippen LogP) is 1.96. The van der Waals surface area contributed by atoms with Crippen LogP contribution < -0.4 is 15.2 Å². The summed E-state index contributed by atoms with van der Waals surface area (Å²) in [6.45, 7) is 0.0801. The van der Waals surface area contributed by atoms with Gasteiger partial charge in [-0.1, -0.05) is 12.1 Å². The highest BCUT2D eigenvalue weighted by Gasteiger charge is 2.07. The maximum absolute atomic E-state index is 12.0. The largest absolute Gasteiger partial charge is 0.497 e. The summed E-state index contributed by atoms with van der Waals surface area (Å²) < 4.78 is 15.5. The van der Waals surface area contributed by atoms with Gasteiger partial charge in [0.15, 0.2) is 6.61 Å². The molecule has 0 aliphatic rings. The first kappa shape index (κ1) is 17.3. The fourth-order valence-corrected chi connectivity index (χ4v) is 1.98. The Morgan fingerprint density at radius 1 is 0.958 bits per heavy atom. The number of esters is 1. The summed E-state index contributed by atoms with van der Waals surface area (Å²) in [6.07, 6.45) is 0.621. The normalized spacial score (nSPS) is 10.0. The van der Waals surface area contributed by atoms with E-state index in [2.05, 4.69) is 0 Å². The first-order chi connectivity index (χ1) is 11.6. The average molecular weight is 329 g/mol. The van der Waals surface area contributed by atoms with Crippen LogP contribution in [-0.4, -0.2) is 32.2 Å². The van der Waals surface area contributed by atoms with E-state index in [1.165, 1.54) is 0 Å². The van der Waals surface area contributed by atoms with Gasteiger partial charge in [-0.25, -0.2) is 4.79 Å². The van der Waals surface area contributed by atoms with Crippen molar-refractivity contribution >= 4 is 11.9 Å². The molecule has 0 heterocycles. The molecule has 126 valence electrons. The number of benzene rings is 2. The van der Waals surface area contributed by atoms with E-state index in [1.807, 2.05) is 24.3 Å². The van der Waals surface area contributed by atoms with Crippen molar-refractivity contribution in [2.75, 3.05) is 20.3 Å². The first-order valence-electron chi connectivity index (χ1n) is 7.39. The summed E-state index contributed by atoms with van der Waals surface area (Å²) in [5, 5.41) is 0. The van der Waals surface area contributed by atoms with Crippen LogP contribution in [0.5, 0.6) is 11.5 Å². The summed E-state index contributed by atoms with van der Waals surface area (Å²) in [5.74, 6) is 0.278. The smallest absolute Gasteiger partial charge is 0.338 e. The van der Waals surface area contributed by atoms with Crippen molar-refractivity contribution in [2.45, 2.75) is 6.42 Å². The van der Waals surface area contributed by atoms with E-state index in [4.69, 9.17) is 19.9 Å². The third-order valence-corrected chi connectivity index (χ3v) is 3.25. The Kier molecular flexibility index (Phi) is 6.19. The van der Waals surface area contributed by atoms with Crippen LogP contribution in [0.3, 0.4) is 0 Å². The Hall–Kier alpha value is -3.02. The molecule has 0 aliphatic heterocycles. The molecule has 0 fully saturated rings. The van der Waals surface area contributed by atoms with Crippen molar-refractivity contribution in [1.29, 1.82) is 0 Å². The Balaban J connectivity index is 1.80. The summed E-state index contributed by atoms with van der Waals surface area (Å²) in [5.41, 5.74) is 6.46. The van der Waals surface area contributed by atoms with Crippen molar-refractivity contribution in [3.63, 3.8) is 0 Å². The highest BCUT2D eigenvalue weighted by molar-refractivity contribution is 5.89. The van der Waals surface area contributed by atoms with E-state index in [9.17, 15) is 9.59 Å². The minimum atomic E-state index is -0.558. The molecule has 24 heavy (non-hydrogen) atoms. The molecule has 0 unspecified atom stereocenters. The molecule has 0 bridgehead atoms. The topological polar surface area (TPSA) is 87.8 Å². The van der Waals surface area contributed by atoms with Crippen LogP contribution in [0, 0.1) is 0 Å². The molecule has 0 saturated carbocycles. The number of amides is 1. The molecule has 0 aliphatic carbocycles. The standard InChI is InChI=1S/C18H19NO5/c1-22-15-6-2-13(3-7-15)10-11-23-18(21)14-4-8-16(9-5-14)24-12-17(19)20/h2-9H,10-12H2,1H3,(H2,19,20). The van der Waals surface area contributed by atoms with Gasteiger partial charge in [-0.2, -0.15) is 0 Å². The van der Waals surface area contributed by atoms with Gasteiger partial charge in [0.05, 0.1) is 19.3 Å². The molecule has 2 aromatic rings. The summed E-state index contributed by atoms with van der Waals surface area (Å²) in [4.78, 5) is 22.6. The number of hydrogen-bond acceptors (Lipinski definition) is 5. The second-order valence-electron chi connectivity index (χ2n) is 5.01. The second kappa shape index (κ2) is 8.57. The maximum atomic E-state index is 12.0. The lowest BCUT2D eigenvalue weighted by molar-refractivity contribution is -0.119. The second-order valence-corrected chi connectivity index (χ2v) is 5.01. The number of methoxy groups -OCH3 is 1. The molecule has 0 saturated heterocycles. The third-order valence-electron chi connectivity index (χ3n) is 3.25. The van der Waals surface area contributed by atoms with Gasteiger partial charge in [0.25, 0.3) is 5.91 Å². The zero-order valence-electron chi connectivity index (χ0n) is 13.4. The summed E-state index contributed by atoms with van der Waals surface area (Å²) in [6, 6.07) is 13.9. The SMILES string of the molecule is COc1ccc(CCOC(=O)c2ccc(OCC(N)=O)cc2)cc1. The van der Waals surface area contributed by atoms with Crippen molar-refractivity contribution in [2.24, 2.45) is 5.73 Å². The highest BCUT2D eigenvalue weighted by Crippen LogP contribution is 2.14.